The predicted octanol–water partition coefficient (Wildman–Crippen LogP) is 1.57. The molecular weight excluding hydrogens is 243 g/mol. The van der Waals surface area contributed by atoms with Crippen LogP contribution in [0.25, 0.3) is 0 Å². The zero-order chi connectivity index (χ0) is 13.8. The molecule has 19 heavy (non-hydrogen) atoms. The maximum absolute atomic E-state index is 13.1. The molecule has 0 amide bonds. The highest BCUT2D eigenvalue weighted by molar-refractivity contribution is 5.81. The summed E-state index contributed by atoms with van der Waals surface area (Å²) in [5.41, 5.74) is 0.761. The van der Waals surface area contributed by atoms with Crippen LogP contribution in [0, 0.1) is 5.82 Å². The van der Waals surface area contributed by atoms with Crippen LogP contribution < -0.4 is 0 Å². The molecule has 0 spiro atoms. The SMILES string of the molecule is CN1CCN(C)C(CC(=O)Cc2cccc(F)c2)C1. The lowest BCUT2D eigenvalue weighted by Crippen LogP contribution is -2.50. The number of nitrogens with zero attached hydrogens (tertiary/aromatic N) is 2. The summed E-state index contributed by atoms with van der Waals surface area (Å²) in [6, 6.07) is 6.57. The number of hydrogen-bond acceptors (Lipinski definition) is 3. The topological polar surface area (TPSA) is 23.6 Å². The van der Waals surface area contributed by atoms with Crippen LogP contribution in [0.4, 0.5) is 4.39 Å². The molecule has 3 nitrogen and oxygen atoms in total. The fraction of sp³-hybridized carbons (Fsp3) is 0.533. The molecule has 0 saturated carbocycles. The number of ketones is 1. The van der Waals surface area contributed by atoms with Gasteiger partial charge < -0.3 is 9.80 Å². The van der Waals surface area contributed by atoms with Crippen LogP contribution in [0.5, 0.6) is 0 Å². The van der Waals surface area contributed by atoms with Crippen molar-refractivity contribution in [2.24, 2.45) is 0 Å². The molecule has 0 radical (unpaired) electrons. The van der Waals surface area contributed by atoms with E-state index in [9.17, 15) is 9.18 Å². The first-order chi connectivity index (χ1) is 9.04. The van der Waals surface area contributed by atoms with E-state index in [4.69, 9.17) is 0 Å². The number of carbonyl (C=O) groups is 1. The summed E-state index contributed by atoms with van der Waals surface area (Å²) in [5, 5.41) is 0. The Morgan fingerprint density at radius 1 is 1.37 bits per heavy atom. The van der Waals surface area contributed by atoms with Crippen LogP contribution in [0.15, 0.2) is 24.3 Å². The van der Waals surface area contributed by atoms with E-state index >= 15 is 0 Å². The lowest BCUT2D eigenvalue weighted by molar-refractivity contribution is -0.120. The fourth-order valence-corrected chi connectivity index (χ4v) is 2.53. The molecule has 1 unspecified atom stereocenters. The Hall–Kier alpha value is -1.26. The molecule has 0 N–H and O–H groups in total. The summed E-state index contributed by atoms with van der Waals surface area (Å²) in [6.07, 6.45) is 0.864. The molecule has 2 rings (SSSR count). The Morgan fingerprint density at radius 3 is 2.89 bits per heavy atom. The van der Waals surface area contributed by atoms with Gasteiger partial charge >= 0.3 is 0 Å². The van der Waals surface area contributed by atoms with E-state index in [-0.39, 0.29) is 17.6 Å². The van der Waals surface area contributed by atoms with Crippen molar-refractivity contribution in [2.75, 3.05) is 33.7 Å². The average molecular weight is 264 g/mol. The molecule has 1 aromatic rings. The van der Waals surface area contributed by atoms with Gasteiger partial charge in [-0.2, -0.15) is 0 Å². The Labute approximate surface area is 114 Å². The second-order valence-electron chi connectivity index (χ2n) is 5.45. The van der Waals surface area contributed by atoms with Crippen LogP contribution in [0.2, 0.25) is 0 Å². The van der Waals surface area contributed by atoms with Crippen molar-refractivity contribution in [3.63, 3.8) is 0 Å². The minimum atomic E-state index is -0.278. The molecule has 1 fully saturated rings. The number of hydrogen-bond donors (Lipinski definition) is 0. The van der Waals surface area contributed by atoms with Gasteiger partial charge in [0.1, 0.15) is 11.6 Å². The molecule has 104 valence electrons. The van der Waals surface area contributed by atoms with E-state index in [1.54, 1.807) is 12.1 Å². The molecule has 1 aliphatic heterocycles. The van der Waals surface area contributed by atoms with Crippen LogP contribution in [0.3, 0.4) is 0 Å². The second-order valence-corrected chi connectivity index (χ2v) is 5.45. The quantitative estimate of drug-likeness (QED) is 0.825. The van der Waals surface area contributed by atoms with Crippen LogP contribution in [-0.4, -0.2) is 55.4 Å². The normalized spacial score (nSPS) is 21.5. The smallest absolute Gasteiger partial charge is 0.138 e. The third-order valence-electron chi connectivity index (χ3n) is 3.73. The fourth-order valence-electron chi connectivity index (χ4n) is 2.53. The minimum Gasteiger partial charge on any atom is -0.304 e. The van der Waals surface area contributed by atoms with E-state index in [0.717, 1.165) is 25.2 Å². The molecule has 1 aliphatic rings. The molecule has 1 aromatic carbocycles. The summed E-state index contributed by atoms with van der Waals surface area (Å²) < 4.78 is 13.1. The van der Waals surface area contributed by atoms with Gasteiger partial charge in [-0.1, -0.05) is 12.1 Å². The maximum Gasteiger partial charge on any atom is 0.138 e. The molecule has 0 bridgehead atoms. The van der Waals surface area contributed by atoms with Crippen LogP contribution >= 0.6 is 0 Å². The van der Waals surface area contributed by atoms with E-state index in [1.807, 2.05) is 0 Å². The zero-order valence-electron chi connectivity index (χ0n) is 11.6. The van der Waals surface area contributed by atoms with Gasteiger partial charge in [-0.15, -0.1) is 0 Å². The number of Topliss-reactive ketones (excluding diaryl/α,β-unsaturated/α-hetero) is 1. The largest absolute Gasteiger partial charge is 0.304 e. The predicted molar refractivity (Wildman–Crippen MR) is 73.6 cm³/mol. The van der Waals surface area contributed by atoms with E-state index in [2.05, 4.69) is 23.9 Å². The average Bonchev–Trinajstić information content (AvgIpc) is 2.34. The van der Waals surface area contributed by atoms with Crippen molar-refractivity contribution in [1.29, 1.82) is 0 Å². The zero-order valence-corrected chi connectivity index (χ0v) is 11.6. The van der Waals surface area contributed by atoms with Crippen molar-refractivity contribution in [3.8, 4) is 0 Å². The van der Waals surface area contributed by atoms with Gasteiger partial charge in [0.05, 0.1) is 0 Å². The van der Waals surface area contributed by atoms with Crippen LogP contribution in [-0.2, 0) is 11.2 Å². The monoisotopic (exact) mass is 264 g/mol. The summed E-state index contributed by atoms with van der Waals surface area (Å²) in [6.45, 7) is 2.96. The number of piperazine rings is 1. The number of likely N-dealkylation sites (N-methyl/N-ethyl adjacent to an activating group) is 2. The number of halogens is 1. The Kier molecular flexibility index (Phi) is 4.66. The third kappa shape index (κ3) is 4.11. The van der Waals surface area contributed by atoms with Crippen molar-refractivity contribution >= 4 is 5.78 Å². The highest BCUT2D eigenvalue weighted by Crippen LogP contribution is 2.12. The van der Waals surface area contributed by atoms with Gasteiger partial charge in [0.15, 0.2) is 0 Å². The van der Waals surface area contributed by atoms with Crippen LogP contribution in [0.1, 0.15) is 12.0 Å². The summed E-state index contributed by atoms with van der Waals surface area (Å²) in [7, 11) is 4.14. The van der Waals surface area contributed by atoms with Gasteiger partial charge in [0.2, 0.25) is 0 Å². The first kappa shape index (κ1) is 14.2. The molecule has 1 heterocycles. The van der Waals surface area contributed by atoms with Crippen molar-refractivity contribution in [3.05, 3.63) is 35.6 Å². The molecule has 1 atom stereocenters. The van der Waals surface area contributed by atoms with Gasteiger partial charge in [-0.25, -0.2) is 4.39 Å². The lowest BCUT2D eigenvalue weighted by atomic mass is 10.0. The maximum atomic E-state index is 13.1. The van der Waals surface area contributed by atoms with E-state index < -0.39 is 0 Å². The van der Waals surface area contributed by atoms with Gasteiger partial charge in [-0.3, -0.25) is 4.79 Å². The van der Waals surface area contributed by atoms with Gasteiger partial charge in [0.25, 0.3) is 0 Å². The molecule has 1 saturated heterocycles. The summed E-state index contributed by atoms with van der Waals surface area (Å²) >= 11 is 0. The Bertz CT molecular complexity index is 450. The number of rotatable bonds is 4. The Balaban J connectivity index is 1.90. The summed E-state index contributed by atoms with van der Waals surface area (Å²) in [4.78, 5) is 16.6. The first-order valence-electron chi connectivity index (χ1n) is 6.69. The van der Waals surface area contributed by atoms with Crippen molar-refractivity contribution < 1.29 is 9.18 Å². The third-order valence-corrected chi connectivity index (χ3v) is 3.73. The summed E-state index contributed by atoms with van der Waals surface area (Å²) in [5.74, 6) is -0.0995. The van der Waals surface area contributed by atoms with E-state index in [0.29, 0.717) is 12.8 Å². The van der Waals surface area contributed by atoms with Gasteiger partial charge in [-0.05, 0) is 31.8 Å². The number of benzene rings is 1. The highest BCUT2D eigenvalue weighted by Gasteiger charge is 2.24. The number of carbonyl (C=O) groups excluding carboxylic acids is 1. The Morgan fingerprint density at radius 2 is 2.16 bits per heavy atom. The lowest BCUT2D eigenvalue weighted by Gasteiger charge is -2.37. The van der Waals surface area contributed by atoms with Crippen molar-refractivity contribution in [2.45, 2.75) is 18.9 Å². The minimum absolute atomic E-state index is 0.178. The molecule has 4 heteroatoms. The molecule has 0 aliphatic carbocycles. The molecular formula is C15H21FN2O. The first-order valence-corrected chi connectivity index (χ1v) is 6.69. The standard InChI is InChI=1S/C15H21FN2O/c1-17-6-7-18(2)14(11-17)10-15(19)9-12-4-3-5-13(16)8-12/h3-5,8,14H,6-7,9-11H2,1-2H3. The van der Waals surface area contributed by atoms with Gasteiger partial charge in [0, 0.05) is 38.5 Å². The highest BCUT2D eigenvalue weighted by atomic mass is 19.1. The molecule has 0 aromatic heterocycles. The second kappa shape index (κ2) is 6.26. The van der Waals surface area contributed by atoms with E-state index in [1.165, 1.54) is 12.1 Å². The van der Waals surface area contributed by atoms with Crippen molar-refractivity contribution in [1.82, 2.24) is 9.80 Å².